The van der Waals surface area contributed by atoms with E-state index in [1.54, 1.807) is 0 Å². The van der Waals surface area contributed by atoms with E-state index in [2.05, 4.69) is 76.1 Å². The number of benzene rings is 2. The summed E-state index contributed by atoms with van der Waals surface area (Å²) < 4.78 is 2.25. The molecule has 0 unspecified atom stereocenters. The second-order valence-corrected chi connectivity index (χ2v) is 5.01. The molecule has 2 aromatic carbocycles. The Kier molecular flexibility index (Phi) is 3.32. The normalized spacial score (nSPS) is 10.3. The summed E-state index contributed by atoms with van der Waals surface area (Å²) in [4.78, 5) is 0. The average Bonchev–Trinajstić information content (AvgIpc) is 2.27. The van der Waals surface area contributed by atoms with Gasteiger partial charge >= 0.3 is 0 Å². The molecular weight excluding hydrogens is 315 g/mol. The van der Waals surface area contributed by atoms with Crippen molar-refractivity contribution >= 4 is 45.2 Å². The third kappa shape index (κ3) is 2.18. The van der Waals surface area contributed by atoms with Gasteiger partial charge in [0.15, 0.2) is 0 Å². The van der Waals surface area contributed by atoms with Crippen molar-refractivity contribution in [1.82, 2.24) is 0 Å². The summed E-state index contributed by atoms with van der Waals surface area (Å²) in [5, 5.41) is 0. The van der Waals surface area contributed by atoms with Crippen molar-refractivity contribution in [2.24, 2.45) is 0 Å². The highest BCUT2D eigenvalue weighted by atomic mass is 79.9. The Morgan fingerprint density at radius 3 is 2.13 bits per heavy atom. The quantitative estimate of drug-likeness (QED) is 0.707. The van der Waals surface area contributed by atoms with E-state index in [0.29, 0.717) is 0 Å². The largest absolute Gasteiger partial charge is 0.140 e. The van der Waals surface area contributed by atoms with Crippen molar-refractivity contribution in [3.63, 3.8) is 0 Å². The maximum atomic E-state index is 3.62. The lowest BCUT2D eigenvalue weighted by Crippen LogP contribution is -2.04. The first-order chi connectivity index (χ1) is 7.20. The Morgan fingerprint density at radius 2 is 1.47 bits per heavy atom. The van der Waals surface area contributed by atoms with E-state index in [9.17, 15) is 0 Å². The van der Waals surface area contributed by atoms with Gasteiger partial charge in [0.25, 0.3) is 0 Å². The fourth-order valence-electron chi connectivity index (χ4n) is 1.49. The number of rotatable bonds is 1. The van der Waals surface area contributed by atoms with E-state index in [1.807, 2.05) is 6.07 Å². The summed E-state index contributed by atoms with van der Waals surface area (Å²) in [6, 6.07) is 14.6. The molecule has 0 aromatic heterocycles. The lowest BCUT2D eigenvalue weighted by Gasteiger charge is -2.08. The van der Waals surface area contributed by atoms with Gasteiger partial charge in [-0.2, -0.15) is 0 Å². The van der Waals surface area contributed by atoms with Crippen LogP contribution >= 0.6 is 31.9 Å². The fraction of sp³-hybridized carbons (Fsp3) is 0. The van der Waals surface area contributed by atoms with Crippen molar-refractivity contribution < 1.29 is 0 Å². The topological polar surface area (TPSA) is 0 Å². The monoisotopic (exact) mass is 322 g/mol. The van der Waals surface area contributed by atoms with E-state index >= 15 is 0 Å². The van der Waals surface area contributed by atoms with Gasteiger partial charge in [-0.3, -0.25) is 0 Å². The van der Waals surface area contributed by atoms with Crippen molar-refractivity contribution in [2.45, 2.75) is 0 Å². The summed E-state index contributed by atoms with van der Waals surface area (Å²) in [5.41, 5.74) is 3.68. The number of hydrogen-bond donors (Lipinski definition) is 0. The molecule has 0 spiro atoms. The lowest BCUT2D eigenvalue weighted by molar-refractivity contribution is 1.58. The maximum absolute atomic E-state index is 3.62. The molecule has 2 aromatic rings. The first kappa shape index (κ1) is 11.0. The lowest BCUT2D eigenvalue weighted by atomic mass is 9.93. The molecule has 0 aliphatic rings. The van der Waals surface area contributed by atoms with Crippen LogP contribution in [0.5, 0.6) is 0 Å². The minimum atomic E-state index is 1.12. The Hall–Kier alpha value is -0.535. The van der Waals surface area contributed by atoms with Crippen molar-refractivity contribution in [3.8, 4) is 11.1 Å². The summed E-state index contributed by atoms with van der Waals surface area (Å²) >= 11 is 7.20. The van der Waals surface area contributed by atoms with Gasteiger partial charge in [-0.1, -0.05) is 63.9 Å². The van der Waals surface area contributed by atoms with Crippen LogP contribution in [0.1, 0.15) is 0 Å². The molecule has 0 saturated carbocycles. The second kappa shape index (κ2) is 4.54. The summed E-state index contributed by atoms with van der Waals surface area (Å²) in [5.74, 6) is 0. The average molecular weight is 324 g/mol. The Labute approximate surface area is 107 Å². The van der Waals surface area contributed by atoms with Crippen molar-refractivity contribution in [1.29, 1.82) is 0 Å². The van der Waals surface area contributed by atoms with Crippen LogP contribution in [0.4, 0.5) is 0 Å². The molecule has 0 amide bonds. The summed E-state index contributed by atoms with van der Waals surface area (Å²) in [6.07, 6.45) is 0. The van der Waals surface area contributed by atoms with E-state index < -0.39 is 0 Å². The summed E-state index contributed by atoms with van der Waals surface area (Å²) in [7, 11) is 2.09. The molecule has 0 radical (unpaired) electrons. The van der Waals surface area contributed by atoms with Crippen LogP contribution in [0.2, 0.25) is 0 Å². The SMILES string of the molecule is Bc1ccc(-c2ccccc2)c(Br)c1Br. The molecule has 15 heavy (non-hydrogen) atoms. The molecule has 0 atom stereocenters. The van der Waals surface area contributed by atoms with E-state index in [0.717, 1.165) is 8.95 Å². The van der Waals surface area contributed by atoms with E-state index in [-0.39, 0.29) is 0 Å². The molecule has 0 nitrogen and oxygen atoms in total. The molecule has 0 saturated heterocycles. The van der Waals surface area contributed by atoms with Crippen LogP contribution in [0.15, 0.2) is 51.4 Å². The zero-order chi connectivity index (χ0) is 10.8. The van der Waals surface area contributed by atoms with Gasteiger partial charge in [0, 0.05) is 8.95 Å². The minimum absolute atomic E-state index is 1.12. The summed E-state index contributed by atoms with van der Waals surface area (Å²) in [6.45, 7) is 0. The van der Waals surface area contributed by atoms with Crippen molar-refractivity contribution in [3.05, 3.63) is 51.4 Å². The molecule has 0 fully saturated rings. The Balaban J connectivity index is 2.60. The van der Waals surface area contributed by atoms with Gasteiger partial charge in [0.05, 0.1) is 0 Å². The van der Waals surface area contributed by atoms with Crippen LogP contribution in [-0.4, -0.2) is 7.85 Å². The minimum Gasteiger partial charge on any atom is -0.0739 e. The first-order valence-electron chi connectivity index (χ1n) is 4.70. The first-order valence-corrected chi connectivity index (χ1v) is 6.29. The molecule has 0 heterocycles. The highest BCUT2D eigenvalue weighted by Crippen LogP contribution is 2.32. The molecule has 3 heteroatoms. The fourth-order valence-corrected chi connectivity index (χ4v) is 2.51. The Bertz CT molecular complexity index is 480. The maximum Gasteiger partial charge on any atom is 0.140 e. The molecule has 0 aliphatic carbocycles. The van der Waals surface area contributed by atoms with Crippen LogP contribution in [0, 0.1) is 0 Å². The molecule has 74 valence electrons. The van der Waals surface area contributed by atoms with Crippen molar-refractivity contribution in [2.75, 3.05) is 0 Å². The third-order valence-corrected chi connectivity index (χ3v) is 4.74. The second-order valence-electron chi connectivity index (χ2n) is 3.42. The molecule has 0 aliphatic heterocycles. The predicted molar refractivity (Wildman–Crippen MR) is 75.5 cm³/mol. The molecule has 0 N–H and O–H groups in total. The van der Waals surface area contributed by atoms with E-state index in [4.69, 9.17) is 0 Å². The van der Waals surface area contributed by atoms with Crippen LogP contribution < -0.4 is 5.46 Å². The van der Waals surface area contributed by atoms with Gasteiger partial charge in [-0.25, -0.2) is 0 Å². The van der Waals surface area contributed by atoms with Gasteiger partial charge < -0.3 is 0 Å². The van der Waals surface area contributed by atoms with Crippen LogP contribution in [0.3, 0.4) is 0 Å². The van der Waals surface area contributed by atoms with Gasteiger partial charge in [-0.15, -0.1) is 0 Å². The smallest absolute Gasteiger partial charge is 0.0739 e. The zero-order valence-electron chi connectivity index (χ0n) is 8.30. The Morgan fingerprint density at radius 1 is 0.800 bits per heavy atom. The number of hydrogen-bond acceptors (Lipinski definition) is 0. The highest BCUT2D eigenvalue weighted by molar-refractivity contribution is 9.13. The standard InChI is InChI=1S/C12H9BBr2/c13-10-7-6-9(11(14)12(10)15)8-4-2-1-3-5-8/h1-7H,13H2. The van der Waals surface area contributed by atoms with Gasteiger partial charge in [0.1, 0.15) is 7.85 Å². The third-order valence-electron chi connectivity index (χ3n) is 2.36. The highest BCUT2D eigenvalue weighted by Gasteiger charge is 2.07. The predicted octanol–water partition coefficient (Wildman–Crippen LogP) is 3.14. The number of halogens is 2. The molecular formula is C12H9BBr2. The zero-order valence-corrected chi connectivity index (χ0v) is 11.5. The molecule has 0 bridgehead atoms. The van der Waals surface area contributed by atoms with E-state index in [1.165, 1.54) is 16.6 Å². The van der Waals surface area contributed by atoms with Crippen LogP contribution in [0.25, 0.3) is 11.1 Å². The van der Waals surface area contributed by atoms with Gasteiger partial charge in [-0.05, 0) is 27.1 Å². The van der Waals surface area contributed by atoms with Crippen LogP contribution in [-0.2, 0) is 0 Å². The van der Waals surface area contributed by atoms with Gasteiger partial charge in [0.2, 0.25) is 0 Å². The molecule has 2 rings (SSSR count).